The predicted molar refractivity (Wildman–Crippen MR) is 109 cm³/mol. The summed E-state index contributed by atoms with van der Waals surface area (Å²) in [5, 5.41) is 9.58. The van der Waals surface area contributed by atoms with Crippen LogP contribution in [0.25, 0.3) is 0 Å². The zero-order valence-corrected chi connectivity index (χ0v) is 17.1. The van der Waals surface area contributed by atoms with Gasteiger partial charge in [-0.3, -0.25) is 14.4 Å². The minimum atomic E-state index is -3.75. The van der Waals surface area contributed by atoms with Gasteiger partial charge in [-0.25, -0.2) is 8.42 Å². The van der Waals surface area contributed by atoms with Crippen LogP contribution in [0.1, 0.15) is 30.9 Å². The minimum absolute atomic E-state index is 0.0597. The monoisotopic (exact) mass is 422 g/mol. The Morgan fingerprint density at radius 2 is 2.04 bits per heavy atom. The van der Waals surface area contributed by atoms with Gasteiger partial charge in [0, 0.05) is 24.2 Å². The summed E-state index contributed by atoms with van der Waals surface area (Å²) in [6.07, 6.45) is 1.59. The van der Waals surface area contributed by atoms with Crippen molar-refractivity contribution in [3.05, 3.63) is 58.6 Å². The van der Waals surface area contributed by atoms with E-state index in [-0.39, 0.29) is 17.4 Å². The Morgan fingerprint density at radius 3 is 2.71 bits per heavy atom. The van der Waals surface area contributed by atoms with Crippen LogP contribution in [-0.4, -0.2) is 37.0 Å². The van der Waals surface area contributed by atoms with Crippen LogP contribution < -0.4 is 4.72 Å². The van der Waals surface area contributed by atoms with Crippen LogP contribution in [-0.2, 0) is 27.8 Å². The van der Waals surface area contributed by atoms with E-state index in [1.54, 1.807) is 36.4 Å². The van der Waals surface area contributed by atoms with Gasteiger partial charge in [-0.15, -0.1) is 0 Å². The molecule has 28 heavy (non-hydrogen) atoms. The maximum atomic E-state index is 12.8. The van der Waals surface area contributed by atoms with Crippen molar-refractivity contribution < 1.29 is 18.3 Å². The van der Waals surface area contributed by atoms with Gasteiger partial charge in [-0.2, -0.15) is 0 Å². The van der Waals surface area contributed by atoms with Crippen LogP contribution in [0.5, 0.6) is 0 Å². The highest BCUT2D eigenvalue weighted by Gasteiger charge is 2.25. The molecule has 0 fully saturated rings. The minimum Gasteiger partial charge on any atom is -0.481 e. The molecular formula is C20H23ClN2O4S. The second-order valence-corrected chi connectivity index (χ2v) is 9.05. The molecular weight excluding hydrogens is 400 g/mol. The predicted octanol–water partition coefficient (Wildman–Crippen LogP) is 3.75. The first kappa shape index (κ1) is 20.6. The average molecular weight is 423 g/mol. The lowest BCUT2D eigenvalue weighted by molar-refractivity contribution is -0.138. The van der Waals surface area contributed by atoms with Crippen LogP contribution >= 0.6 is 11.6 Å². The van der Waals surface area contributed by atoms with E-state index >= 15 is 0 Å². The van der Waals surface area contributed by atoms with Gasteiger partial charge in [0.15, 0.2) is 0 Å². The van der Waals surface area contributed by atoms with E-state index in [1.807, 2.05) is 13.0 Å². The molecule has 0 aliphatic carbocycles. The summed E-state index contributed by atoms with van der Waals surface area (Å²) < 4.78 is 28.1. The zero-order valence-electron chi connectivity index (χ0n) is 15.6. The third-order valence-electron chi connectivity index (χ3n) is 5.00. The fourth-order valence-electron chi connectivity index (χ4n) is 3.53. The first-order chi connectivity index (χ1) is 13.3. The van der Waals surface area contributed by atoms with Gasteiger partial charge in [0.1, 0.15) is 0 Å². The second kappa shape index (κ2) is 8.51. The summed E-state index contributed by atoms with van der Waals surface area (Å²) in [7, 11) is -3.75. The number of hydrogen-bond donors (Lipinski definition) is 2. The average Bonchev–Trinajstić information content (AvgIpc) is 2.64. The smallest absolute Gasteiger partial charge is 0.304 e. The van der Waals surface area contributed by atoms with Gasteiger partial charge in [-0.05, 0) is 54.3 Å². The third-order valence-corrected chi connectivity index (χ3v) is 6.62. The Balaban J connectivity index is 1.82. The largest absolute Gasteiger partial charge is 0.481 e. The molecule has 0 bridgehead atoms. The molecule has 150 valence electrons. The first-order valence-electron chi connectivity index (χ1n) is 9.14. The third kappa shape index (κ3) is 4.84. The lowest BCUT2D eigenvalue weighted by Gasteiger charge is -2.34. The van der Waals surface area contributed by atoms with Gasteiger partial charge in [0.05, 0.1) is 17.0 Å². The second-order valence-electron chi connectivity index (χ2n) is 6.93. The van der Waals surface area contributed by atoms with Crippen LogP contribution in [0.3, 0.4) is 0 Å². The lowest BCUT2D eigenvalue weighted by atomic mass is 9.97. The maximum Gasteiger partial charge on any atom is 0.304 e. The number of aliphatic carboxylic acids is 1. The molecule has 6 nitrogen and oxygen atoms in total. The summed E-state index contributed by atoms with van der Waals surface area (Å²) in [4.78, 5) is 13.4. The SMILES string of the molecule is CCC(CC(=O)O)N1CCc2ccc(S(=O)(=O)Nc3cccc(Cl)c3)cc2C1. The molecule has 1 aliphatic rings. The number of benzene rings is 2. The lowest BCUT2D eigenvalue weighted by Crippen LogP contribution is -2.40. The quantitative estimate of drug-likeness (QED) is 0.709. The van der Waals surface area contributed by atoms with Crippen molar-refractivity contribution in [2.24, 2.45) is 0 Å². The van der Waals surface area contributed by atoms with E-state index in [0.717, 1.165) is 30.5 Å². The van der Waals surface area contributed by atoms with E-state index in [9.17, 15) is 13.2 Å². The van der Waals surface area contributed by atoms with E-state index < -0.39 is 16.0 Å². The standard InChI is InChI=1S/C20H23ClN2O4S/c1-2-18(12-20(24)25)23-9-8-14-6-7-19(10-15(14)13-23)28(26,27)22-17-5-3-4-16(21)11-17/h3-7,10-11,18,22H,2,8-9,12-13H2,1H3,(H,24,25). The molecule has 0 spiro atoms. The van der Waals surface area contributed by atoms with Crippen LogP contribution in [0.2, 0.25) is 5.02 Å². The Morgan fingerprint density at radius 1 is 1.25 bits per heavy atom. The molecule has 0 amide bonds. The molecule has 8 heteroatoms. The number of nitrogens with zero attached hydrogens (tertiary/aromatic N) is 1. The van der Waals surface area contributed by atoms with E-state index in [1.165, 1.54) is 0 Å². The van der Waals surface area contributed by atoms with Crippen LogP contribution in [0, 0.1) is 0 Å². The first-order valence-corrected chi connectivity index (χ1v) is 11.0. The number of carbonyl (C=O) groups is 1. The molecule has 2 N–H and O–H groups in total. The number of carboxylic acid groups (broad SMARTS) is 1. The van der Waals surface area contributed by atoms with Crippen molar-refractivity contribution in [1.82, 2.24) is 4.90 Å². The summed E-state index contributed by atoms with van der Waals surface area (Å²) in [6.45, 7) is 3.28. The molecule has 0 aromatic heterocycles. The molecule has 1 atom stereocenters. The number of sulfonamides is 1. The Bertz CT molecular complexity index is 978. The van der Waals surface area contributed by atoms with Gasteiger partial charge in [0.25, 0.3) is 10.0 Å². The number of halogens is 1. The summed E-state index contributed by atoms with van der Waals surface area (Å²) >= 11 is 5.93. The number of fused-ring (bicyclic) bond motifs is 1. The molecule has 3 rings (SSSR count). The van der Waals surface area contributed by atoms with Crippen molar-refractivity contribution in [3.8, 4) is 0 Å². The normalized spacial score (nSPS) is 15.6. The number of carboxylic acids is 1. The van der Waals surface area contributed by atoms with Gasteiger partial charge < -0.3 is 5.11 Å². The van der Waals surface area contributed by atoms with E-state index in [2.05, 4.69) is 9.62 Å². The van der Waals surface area contributed by atoms with Crippen molar-refractivity contribution in [2.75, 3.05) is 11.3 Å². The molecule has 2 aromatic carbocycles. The molecule has 1 unspecified atom stereocenters. The van der Waals surface area contributed by atoms with Crippen molar-refractivity contribution in [1.29, 1.82) is 0 Å². The highest BCUT2D eigenvalue weighted by Crippen LogP contribution is 2.27. The summed E-state index contributed by atoms with van der Waals surface area (Å²) in [5.74, 6) is -0.820. The fraction of sp³-hybridized carbons (Fsp3) is 0.350. The molecule has 0 radical (unpaired) electrons. The topological polar surface area (TPSA) is 86.7 Å². The van der Waals surface area contributed by atoms with Gasteiger partial charge in [0.2, 0.25) is 0 Å². The van der Waals surface area contributed by atoms with Crippen LogP contribution in [0.4, 0.5) is 5.69 Å². The molecule has 0 saturated carbocycles. The molecule has 1 aliphatic heterocycles. The van der Waals surface area contributed by atoms with E-state index in [0.29, 0.717) is 17.3 Å². The maximum absolute atomic E-state index is 12.8. The Kier molecular flexibility index (Phi) is 6.27. The van der Waals surface area contributed by atoms with Crippen molar-refractivity contribution >= 4 is 33.3 Å². The number of nitrogens with one attached hydrogen (secondary N) is 1. The molecule has 1 heterocycles. The highest BCUT2D eigenvalue weighted by atomic mass is 35.5. The number of rotatable bonds is 7. The van der Waals surface area contributed by atoms with Gasteiger partial charge >= 0.3 is 5.97 Å². The molecule has 2 aromatic rings. The number of anilines is 1. The van der Waals surface area contributed by atoms with Crippen LogP contribution in [0.15, 0.2) is 47.4 Å². The van der Waals surface area contributed by atoms with Crippen molar-refractivity contribution in [3.63, 3.8) is 0 Å². The van der Waals surface area contributed by atoms with Crippen molar-refractivity contribution in [2.45, 2.75) is 43.7 Å². The van der Waals surface area contributed by atoms with Gasteiger partial charge in [-0.1, -0.05) is 30.7 Å². The Labute approximate surface area is 170 Å². The van der Waals surface area contributed by atoms with E-state index in [4.69, 9.17) is 16.7 Å². The zero-order chi connectivity index (χ0) is 20.3. The Hall–Kier alpha value is -2.09. The molecule has 0 saturated heterocycles. The fourth-order valence-corrected chi connectivity index (χ4v) is 4.82. The summed E-state index contributed by atoms with van der Waals surface area (Å²) in [6, 6.07) is 11.6. The highest BCUT2D eigenvalue weighted by molar-refractivity contribution is 7.92. The number of hydrogen-bond acceptors (Lipinski definition) is 4. The summed E-state index contributed by atoms with van der Waals surface area (Å²) in [5.41, 5.74) is 2.42.